The predicted octanol–water partition coefficient (Wildman–Crippen LogP) is 1.40. The second-order valence-electron chi connectivity index (χ2n) is 5.61. The van der Waals surface area contributed by atoms with Gasteiger partial charge < -0.3 is 10.1 Å². The van der Waals surface area contributed by atoms with Gasteiger partial charge in [0.1, 0.15) is 5.01 Å². The molecule has 2 heterocycles. The maximum atomic E-state index is 12.7. The lowest BCUT2D eigenvalue weighted by Gasteiger charge is -2.26. The van der Waals surface area contributed by atoms with Crippen LogP contribution in [-0.4, -0.2) is 49.9 Å². The molecule has 1 aliphatic rings. The average molecular weight is 381 g/mol. The average Bonchev–Trinajstić information content (AvgIpc) is 3.06. The zero-order chi connectivity index (χ0) is 17.9. The van der Waals surface area contributed by atoms with Crippen molar-refractivity contribution < 1.29 is 17.9 Å². The Morgan fingerprint density at radius 3 is 2.80 bits per heavy atom. The number of hydrogen-bond acceptors (Lipinski definition) is 6. The summed E-state index contributed by atoms with van der Waals surface area (Å²) in [6.07, 6.45) is 0. The van der Waals surface area contributed by atoms with Gasteiger partial charge in [-0.1, -0.05) is 6.07 Å². The fourth-order valence-electron chi connectivity index (χ4n) is 2.48. The Morgan fingerprint density at radius 2 is 2.12 bits per heavy atom. The Morgan fingerprint density at radius 1 is 1.36 bits per heavy atom. The largest absolute Gasteiger partial charge is 0.379 e. The van der Waals surface area contributed by atoms with Crippen LogP contribution >= 0.6 is 11.3 Å². The first-order chi connectivity index (χ1) is 12.0. The standard InChI is InChI=1S/C16H19N3O4S2/c1-12-11-24-15(18-12)10-17-16(20)13-3-2-4-14(9-13)25(21,22)19-5-7-23-8-6-19/h2-4,9,11H,5-8,10H2,1H3,(H,17,20). The molecule has 1 saturated heterocycles. The Kier molecular flexibility index (Phi) is 5.48. The smallest absolute Gasteiger partial charge is 0.251 e. The minimum atomic E-state index is -3.62. The summed E-state index contributed by atoms with van der Waals surface area (Å²) in [5, 5.41) is 5.49. The maximum absolute atomic E-state index is 12.7. The number of hydrogen-bond donors (Lipinski definition) is 1. The summed E-state index contributed by atoms with van der Waals surface area (Å²) < 4.78 is 31.9. The maximum Gasteiger partial charge on any atom is 0.251 e. The Labute approximate surface area is 150 Å². The molecular weight excluding hydrogens is 362 g/mol. The molecule has 1 amide bonds. The molecule has 1 fully saturated rings. The molecule has 1 aliphatic heterocycles. The number of thiazole rings is 1. The van der Waals surface area contributed by atoms with Crippen LogP contribution in [0.5, 0.6) is 0 Å². The van der Waals surface area contributed by atoms with Crippen molar-refractivity contribution in [2.45, 2.75) is 18.4 Å². The summed E-state index contributed by atoms with van der Waals surface area (Å²) in [6.45, 7) is 3.61. The first kappa shape index (κ1) is 18.0. The van der Waals surface area contributed by atoms with Crippen molar-refractivity contribution in [1.82, 2.24) is 14.6 Å². The van der Waals surface area contributed by atoms with Gasteiger partial charge in [-0.3, -0.25) is 4.79 Å². The van der Waals surface area contributed by atoms with Gasteiger partial charge in [-0.15, -0.1) is 11.3 Å². The molecule has 0 radical (unpaired) electrons. The number of rotatable bonds is 5. The van der Waals surface area contributed by atoms with Crippen LogP contribution in [0.1, 0.15) is 21.1 Å². The third-order valence-corrected chi connectivity index (χ3v) is 6.63. The lowest BCUT2D eigenvalue weighted by Crippen LogP contribution is -2.40. The van der Waals surface area contributed by atoms with Crippen LogP contribution in [0.3, 0.4) is 0 Å². The zero-order valence-electron chi connectivity index (χ0n) is 13.8. The molecule has 1 aromatic carbocycles. The van der Waals surface area contributed by atoms with E-state index in [1.807, 2.05) is 12.3 Å². The number of nitrogens with zero attached hydrogens (tertiary/aromatic N) is 2. The van der Waals surface area contributed by atoms with E-state index in [4.69, 9.17) is 4.74 Å². The van der Waals surface area contributed by atoms with E-state index in [1.54, 1.807) is 12.1 Å². The number of aryl methyl sites for hydroxylation is 1. The summed E-state index contributed by atoms with van der Waals surface area (Å²) in [4.78, 5) is 16.7. The van der Waals surface area contributed by atoms with Crippen LogP contribution in [0.15, 0.2) is 34.5 Å². The SMILES string of the molecule is Cc1csc(CNC(=O)c2cccc(S(=O)(=O)N3CCOCC3)c2)n1. The monoisotopic (exact) mass is 381 g/mol. The van der Waals surface area contributed by atoms with Crippen molar-refractivity contribution in [1.29, 1.82) is 0 Å². The molecule has 3 rings (SSSR count). The van der Waals surface area contributed by atoms with E-state index < -0.39 is 10.0 Å². The van der Waals surface area contributed by atoms with Gasteiger partial charge in [0.25, 0.3) is 5.91 Å². The Balaban J connectivity index is 1.73. The molecule has 1 N–H and O–H groups in total. The van der Waals surface area contributed by atoms with Crippen molar-refractivity contribution in [3.05, 3.63) is 45.9 Å². The molecule has 25 heavy (non-hydrogen) atoms. The van der Waals surface area contributed by atoms with Crippen LogP contribution in [-0.2, 0) is 21.3 Å². The fourth-order valence-corrected chi connectivity index (χ4v) is 4.64. The topological polar surface area (TPSA) is 88.6 Å². The second kappa shape index (κ2) is 7.61. The zero-order valence-corrected chi connectivity index (χ0v) is 15.4. The molecule has 9 heteroatoms. The molecule has 0 unspecified atom stereocenters. The van der Waals surface area contributed by atoms with Gasteiger partial charge >= 0.3 is 0 Å². The highest BCUT2D eigenvalue weighted by Crippen LogP contribution is 2.18. The first-order valence-electron chi connectivity index (χ1n) is 7.84. The molecule has 0 saturated carbocycles. The van der Waals surface area contributed by atoms with Gasteiger partial charge in [0.15, 0.2) is 0 Å². The predicted molar refractivity (Wildman–Crippen MR) is 94.0 cm³/mol. The summed E-state index contributed by atoms with van der Waals surface area (Å²) in [6, 6.07) is 6.09. The summed E-state index contributed by atoms with van der Waals surface area (Å²) in [5.74, 6) is -0.327. The molecule has 0 atom stereocenters. The number of sulfonamides is 1. The van der Waals surface area contributed by atoms with E-state index in [0.29, 0.717) is 38.4 Å². The highest BCUT2D eigenvalue weighted by atomic mass is 32.2. The van der Waals surface area contributed by atoms with E-state index in [2.05, 4.69) is 10.3 Å². The van der Waals surface area contributed by atoms with Gasteiger partial charge in [0.05, 0.1) is 24.7 Å². The Hall–Kier alpha value is -1.81. The van der Waals surface area contributed by atoms with E-state index in [9.17, 15) is 13.2 Å². The number of carbonyl (C=O) groups is 1. The number of nitrogens with one attached hydrogen (secondary N) is 1. The number of benzene rings is 1. The van der Waals surface area contributed by atoms with Gasteiger partial charge in [-0.2, -0.15) is 4.31 Å². The van der Waals surface area contributed by atoms with E-state index >= 15 is 0 Å². The molecule has 0 bridgehead atoms. The van der Waals surface area contributed by atoms with Gasteiger partial charge in [0, 0.05) is 29.7 Å². The molecule has 1 aromatic heterocycles. The lowest BCUT2D eigenvalue weighted by molar-refractivity contribution is 0.0730. The normalized spacial score (nSPS) is 15.9. The Bertz CT molecular complexity index is 858. The number of aromatic nitrogens is 1. The molecule has 0 spiro atoms. The van der Waals surface area contributed by atoms with Gasteiger partial charge in [0.2, 0.25) is 10.0 Å². The van der Waals surface area contributed by atoms with Crippen LogP contribution in [0.4, 0.5) is 0 Å². The molecule has 0 aliphatic carbocycles. The molecule has 134 valence electrons. The third-order valence-electron chi connectivity index (χ3n) is 3.77. The van der Waals surface area contributed by atoms with Crippen molar-refractivity contribution in [2.75, 3.05) is 26.3 Å². The van der Waals surface area contributed by atoms with Crippen molar-refractivity contribution in [2.24, 2.45) is 0 Å². The summed E-state index contributed by atoms with van der Waals surface area (Å²) >= 11 is 1.47. The second-order valence-corrected chi connectivity index (χ2v) is 8.49. The number of ether oxygens (including phenoxy) is 1. The minimum Gasteiger partial charge on any atom is -0.379 e. The highest BCUT2D eigenvalue weighted by Gasteiger charge is 2.26. The molecule has 7 nitrogen and oxygen atoms in total. The number of morpholine rings is 1. The van der Waals surface area contributed by atoms with Crippen LogP contribution < -0.4 is 5.32 Å². The van der Waals surface area contributed by atoms with Crippen molar-refractivity contribution in [3.63, 3.8) is 0 Å². The summed E-state index contributed by atoms with van der Waals surface area (Å²) in [5.41, 5.74) is 1.22. The first-order valence-corrected chi connectivity index (χ1v) is 10.2. The van der Waals surface area contributed by atoms with Crippen LogP contribution in [0.25, 0.3) is 0 Å². The number of carbonyl (C=O) groups excluding carboxylic acids is 1. The van der Waals surface area contributed by atoms with Crippen molar-refractivity contribution in [3.8, 4) is 0 Å². The van der Waals surface area contributed by atoms with Gasteiger partial charge in [-0.25, -0.2) is 13.4 Å². The fraction of sp³-hybridized carbons (Fsp3) is 0.375. The third kappa shape index (κ3) is 4.24. The van der Waals surface area contributed by atoms with Crippen LogP contribution in [0, 0.1) is 6.92 Å². The lowest BCUT2D eigenvalue weighted by atomic mass is 10.2. The van der Waals surface area contributed by atoms with E-state index in [0.717, 1.165) is 10.7 Å². The van der Waals surface area contributed by atoms with E-state index in [-0.39, 0.29) is 10.8 Å². The molecule has 2 aromatic rings. The summed E-state index contributed by atoms with van der Waals surface area (Å²) in [7, 11) is -3.62. The highest BCUT2D eigenvalue weighted by molar-refractivity contribution is 7.89. The minimum absolute atomic E-state index is 0.118. The van der Waals surface area contributed by atoms with Crippen LogP contribution in [0.2, 0.25) is 0 Å². The van der Waals surface area contributed by atoms with E-state index in [1.165, 1.54) is 27.8 Å². The quantitative estimate of drug-likeness (QED) is 0.846. The van der Waals surface area contributed by atoms with Crippen molar-refractivity contribution >= 4 is 27.3 Å². The number of amides is 1. The van der Waals surface area contributed by atoms with Gasteiger partial charge in [-0.05, 0) is 25.1 Å². The molecular formula is C16H19N3O4S2.